The topological polar surface area (TPSA) is 37.4 Å². The molecule has 2 aromatic carbocycles. The fourth-order valence-electron chi connectivity index (χ4n) is 4.47. The minimum Gasteiger partial charge on any atom is -0.294 e. The van der Waals surface area contributed by atoms with Crippen LogP contribution in [0.4, 0.5) is 5.69 Å². The first-order valence-corrected chi connectivity index (χ1v) is 9.83. The Balaban J connectivity index is 1.89. The Labute approximate surface area is 160 Å². The SMILES string of the molecule is CCc1ccccc1N1C(=O)CC(c2cccc(C)c2)C2=C1CCCC2=O. The molecule has 1 unspecified atom stereocenters. The summed E-state index contributed by atoms with van der Waals surface area (Å²) in [5.41, 5.74) is 6.10. The second-order valence-corrected chi connectivity index (χ2v) is 7.52. The maximum Gasteiger partial charge on any atom is 0.232 e. The molecule has 1 aliphatic heterocycles. The predicted molar refractivity (Wildman–Crippen MR) is 108 cm³/mol. The van der Waals surface area contributed by atoms with Gasteiger partial charge in [0.1, 0.15) is 0 Å². The van der Waals surface area contributed by atoms with E-state index in [1.807, 2.05) is 35.2 Å². The number of amides is 1. The van der Waals surface area contributed by atoms with E-state index in [4.69, 9.17) is 0 Å². The highest BCUT2D eigenvalue weighted by atomic mass is 16.2. The average Bonchev–Trinajstić information content (AvgIpc) is 2.67. The lowest BCUT2D eigenvalue weighted by molar-refractivity contribution is -0.119. The number of Topliss-reactive ketones (excluding diaryl/α,β-unsaturated/α-hetero) is 1. The molecule has 2 aromatic rings. The number of hydrogen-bond acceptors (Lipinski definition) is 2. The number of hydrogen-bond donors (Lipinski definition) is 0. The molecule has 0 saturated carbocycles. The van der Waals surface area contributed by atoms with Crippen molar-refractivity contribution in [2.45, 2.75) is 51.9 Å². The number of anilines is 1. The van der Waals surface area contributed by atoms with E-state index in [0.29, 0.717) is 12.8 Å². The molecule has 3 heteroatoms. The molecule has 0 N–H and O–H groups in total. The quantitative estimate of drug-likeness (QED) is 0.766. The van der Waals surface area contributed by atoms with Crippen LogP contribution in [-0.4, -0.2) is 11.7 Å². The van der Waals surface area contributed by atoms with E-state index in [-0.39, 0.29) is 17.6 Å². The van der Waals surface area contributed by atoms with Gasteiger partial charge in [-0.15, -0.1) is 0 Å². The Morgan fingerprint density at radius 3 is 2.63 bits per heavy atom. The van der Waals surface area contributed by atoms with E-state index in [1.165, 1.54) is 0 Å². The van der Waals surface area contributed by atoms with Crippen LogP contribution in [0, 0.1) is 6.92 Å². The van der Waals surface area contributed by atoms with Crippen LogP contribution in [0.15, 0.2) is 59.8 Å². The third-order valence-electron chi connectivity index (χ3n) is 5.73. The summed E-state index contributed by atoms with van der Waals surface area (Å²) in [5, 5.41) is 0. The van der Waals surface area contributed by atoms with Crippen molar-refractivity contribution in [1.29, 1.82) is 0 Å². The molecule has 0 radical (unpaired) electrons. The molecule has 1 atom stereocenters. The van der Waals surface area contributed by atoms with Gasteiger partial charge in [0.15, 0.2) is 5.78 Å². The molecule has 138 valence electrons. The number of carbonyl (C=O) groups is 2. The van der Waals surface area contributed by atoms with Gasteiger partial charge >= 0.3 is 0 Å². The van der Waals surface area contributed by atoms with Gasteiger partial charge < -0.3 is 0 Å². The van der Waals surface area contributed by atoms with E-state index in [1.54, 1.807) is 0 Å². The summed E-state index contributed by atoms with van der Waals surface area (Å²) < 4.78 is 0. The third-order valence-corrected chi connectivity index (χ3v) is 5.73. The third kappa shape index (κ3) is 3.12. The average molecular weight is 359 g/mol. The van der Waals surface area contributed by atoms with Crippen LogP contribution in [0.2, 0.25) is 0 Å². The molecular weight excluding hydrogens is 334 g/mol. The molecule has 1 heterocycles. The van der Waals surface area contributed by atoms with E-state index in [2.05, 4.69) is 32.0 Å². The fraction of sp³-hybridized carbons (Fsp3) is 0.333. The first-order valence-electron chi connectivity index (χ1n) is 9.83. The smallest absolute Gasteiger partial charge is 0.232 e. The summed E-state index contributed by atoms with van der Waals surface area (Å²) >= 11 is 0. The van der Waals surface area contributed by atoms with Crippen molar-refractivity contribution in [3.05, 3.63) is 76.5 Å². The molecule has 3 nitrogen and oxygen atoms in total. The van der Waals surface area contributed by atoms with Crippen molar-refractivity contribution in [3.63, 3.8) is 0 Å². The van der Waals surface area contributed by atoms with Crippen LogP contribution < -0.4 is 4.90 Å². The maximum atomic E-state index is 13.3. The van der Waals surface area contributed by atoms with E-state index >= 15 is 0 Å². The van der Waals surface area contributed by atoms with Crippen LogP contribution in [-0.2, 0) is 16.0 Å². The van der Waals surface area contributed by atoms with Crippen molar-refractivity contribution >= 4 is 17.4 Å². The van der Waals surface area contributed by atoms with E-state index in [9.17, 15) is 9.59 Å². The van der Waals surface area contributed by atoms with Gasteiger partial charge in [-0.05, 0) is 43.4 Å². The molecular formula is C24H25NO2. The van der Waals surface area contributed by atoms with Gasteiger partial charge in [0.05, 0.1) is 5.69 Å². The molecule has 1 aliphatic carbocycles. The van der Waals surface area contributed by atoms with Crippen molar-refractivity contribution in [3.8, 4) is 0 Å². The molecule has 0 saturated heterocycles. The number of para-hydroxylation sites is 1. The van der Waals surface area contributed by atoms with Crippen molar-refractivity contribution < 1.29 is 9.59 Å². The second kappa shape index (κ2) is 7.15. The molecule has 27 heavy (non-hydrogen) atoms. The van der Waals surface area contributed by atoms with Crippen LogP contribution >= 0.6 is 0 Å². The molecule has 0 bridgehead atoms. The second-order valence-electron chi connectivity index (χ2n) is 7.52. The lowest BCUT2D eigenvalue weighted by atomic mass is 9.76. The molecule has 0 spiro atoms. The zero-order valence-electron chi connectivity index (χ0n) is 16.0. The van der Waals surface area contributed by atoms with Crippen molar-refractivity contribution in [2.24, 2.45) is 0 Å². The van der Waals surface area contributed by atoms with Gasteiger partial charge in [-0.1, -0.05) is 55.0 Å². The Bertz CT molecular complexity index is 941. The number of benzene rings is 2. The minimum atomic E-state index is -0.120. The summed E-state index contributed by atoms with van der Waals surface area (Å²) in [6.07, 6.45) is 3.39. The van der Waals surface area contributed by atoms with Gasteiger partial charge in [0, 0.05) is 30.0 Å². The zero-order chi connectivity index (χ0) is 19.0. The largest absolute Gasteiger partial charge is 0.294 e. The number of ketones is 1. The van der Waals surface area contributed by atoms with Gasteiger partial charge in [-0.25, -0.2) is 0 Å². The zero-order valence-corrected chi connectivity index (χ0v) is 16.0. The lowest BCUT2D eigenvalue weighted by Gasteiger charge is -2.39. The lowest BCUT2D eigenvalue weighted by Crippen LogP contribution is -2.41. The Hall–Kier alpha value is -2.68. The van der Waals surface area contributed by atoms with Crippen molar-refractivity contribution in [1.82, 2.24) is 0 Å². The minimum absolute atomic E-state index is 0.0934. The van der Waals surface area contributed by atoms with Gasteiger partial charge in [-0.3, -0.25) is 14.5 Å². The predicted octanol–water partition coefficient (Wildman–Crippen LogP) is 5.09. The van der Waals surface area contributed by atoms with Gasteiger partial charge in [-0.2, -0.15) is 0 Å². The maximum absolute atomic E-state index is 13.3. The number of aryl methyl sites for hydroxylation is 2. The summed E-state index contributed by atoms with van der Waals surface area (Å²) in [7, 11) is 0. The fourth-order valence-corrected chi connectivity index (χ4v) is 4.47. The van der Waals surface area contributed by atoms with Crippen LogP contribution in [0.25, 0.3) is 0 Å². The Morgan fingerprint density at radius 2 is 1.85 bits per heavy atom. The van der Waals surface area contributed by atoms with Gasteiger partial charge in [0.25, 0.3) is 0 Å². The summed E-state index contributed by atoms with van der Waals surface area (Å²) in [6.45, 7) is 4.15. The highest BCUT2D eigenvalue weighted by Gasteiger charge is 2.40. The Kier molecular flexibility index (Phi) is 4.69. The molecule has 4 rings (SSSR count). The van der Waals surface area contributed by atoms with Crippen LogP contribution in [0.3, 0.4) is 0 Å². The molecule has 0 fully saturated rings. The number of allylic oxidation sites excluding steroid dienone is 2. The van der Waals surface area contributed by atoms with Crippen LogP contribution in [0.5, 0.6) is 0 Å². The summed E-state index contributed by atoms with van der Waals surface area (Å²) in [5.74, 6) is 0.176. The molecule has 0 aromatic heterocycles. The first-order chi connectivity index (χ1) is 13.1. The monoisotopic (exact) mass is 359 g/mol. The van der Waals surface area contributed by atoms with E-state index in [0.717, 1.165) is 52.9 Å². The number of nitrogens with zero attached hydrogens (tertiary/aromatic N) is 1. The molecule has 2 aliphatic rings. The van der Waals surface area contributed by atoms with E-state index < -0.39 is 0 Å². The van der Waals surface area contributed by atoms with Gasteiger partial charge in [0.2, 0.25) is 5.91 Å². The molecule has 1 amide bonds. The first kappa shape index (κ1) is 17.7. The van der Waals surface area contributed by atoms with Crippen LogP contribution in [0.1, 0.15) is 55.2 Å². The number of rotatable bonds is 3. The summed E-state index contributed by atoms with van der Waals surface area (Å²) in [4.78, 5) is 28.1. The number of carbonyl (C=O) groups excluding carboxylic acids is 2. The highest BCUT2D eigenvalue weighted by molar-refractivity contribution is 6.07. The normalized spacial score (nSPS) is 20.1. The highest BCUT2D eigenvalue weighted by Crippen LogP contribution is 2.44. The van der Waals surface area contributed by atoms with Crippen molar-refractivity contribution in [2.75, 3.05) is 4.90 Å². The Morgan fingerprint density at radius 1 is 1.04 bits per heavy atom. The summed E-state index contributed by atoms with van der Waals surface area (Å²) in [6, 6.07) is 16.3. The standard InChI is InChI=1S/C24H25NO2/c1-3-17-9-4-5-11-20(17)25-21-12-7-13-22(26)24(21)19(15-23(25)27)18-10-6-8-16(2)14-18/h4-6,8-11,14,19H,3,7,12-13,15H2,1-2H3.